The number of hydrogen-bond donors (Lipinski definition) is 2. The lowest BCUT2D eigenvalue weighted by Gasteiger charge is -2.07. The first kappa shape index (κ1) is 21.8. The molecule has 4 rings (SSSR count). The standard InChI is InChI=1S/C25H24N6O2/c1-17-14-18(2)31(29-17)23-13-10-21(15-27-23)25(26)30-33-16-24(32)28-22-11-8-20(9-12-22)19-6-4-3-5-7-19/h3-15H,16H2,1-2H3,(H2,26,30)(H,28,32). The van der Waals surface area contributed by atoms with Crippen LogP contribution in [0.3, 0.4) is 0 Å². The number of nitrogens with one attached hydrogen (secondary N) is 1. The van der Waals surface area contributed by atoms with Crippen LogP contribution >= 0.6 is 0 Å². The number of aryl methyl sites for hydroxylation is 2. The van der Waals surface area contributed by atoms with Crippen molar-refractivity contribution in [3.63, 3.8) is 0 Å². The molecule has 1 amide bonds. The quantitative estimate of drug-likeness (QED) is 0.258. The first-order valence-electron chi connectivity index (χ1n) is 10.4. The average Bonchev–Trinajstić information content (AvgIpc) is 3.18. The summed E-state index contributed by atoms with van der Waals surface area (Å²) in [5.41, 5.74) is 11.3. The lowest BCUT2D eigenvalue weighted by molar-refractivity contribution is -0.120. The summed E-state index contributed by atoms with van der Waals surface area (Å²) in [5.74, 6) is 0.468. The largest absolute Gasteiger partial charge is 0.384 e. The summed E-state index contributed by atoms with van der Waals surface area (Å²) in [6.45, 7) is 3.62. The van der Waals surface area contributed by atoms with Crippen LogP contribution in [0, 0.1) is 13.8 Å². The summed E-state index contributed by atoms with van der Waals surface area (Å²) < 4.78 is 1.75. The Bertz CT molecular complexity index is 1260. The van der Waals surface area contributed by atoms with Crippen molar-refractivity contribution in [3.8, 4) is 16.9 Å². The number of amides is 1. The number of hydrogen-bond acceptors (Lipinski definition) is 5. The van der Waals surface area contributed by atoms with Gasteiger partial charge in [0.1, 0.15) is 0 Å². The van der Waals surface area contributed by atoms with E-state index in [-0.39, 0.29) is 18.3 Å². The first-order valence-corrected chi connectivity index (χ1v) is 10.4. The van der Waals surface area contributed by atoms with Crippen molar-refractivity contribution < 1.29 is 9.63 Å². The van der Waals surface area contributed by atoms with Gasteiger partial charge in [-0.2, -0.15) is 5.10 Å². The molecule has 2 heterocycles. The molecule has 3 N–H and O–H groups in total. The Labute approximate surface area is 191 Å². The van der Waals surface area contributed by atoms with Crippen LogP contribution in [0.4, 0.5) is 5.69 Å². The molecule has 166 valence electrons. The third kappa shape index (κ3) is 5.43. The van der Waals surface area contributed by atoms with Gasteiger partial charge >= 0.3 is 0 Å². The summed E-state index contributed by atoms with van der Waals surface area (Å²) >= 11 is 0. The Morgan fingerprint density at radius 2 is 1.76 bits per heavy atom. The summed E-state index contributed by atoms with van der Waals surface area (Å²) in [4.78, 5) is 21.6. The Hall–Kier alpha value is -4.46. The Balaban J connectivity index is 1.30. The molecule has 0 unspecified atom stereocenters. The molecular weight excluding hydrogens is 416 g/mol. The van der Waals surface area contributed by atoms with Crippen LogP contribution in [0.2, 0.25) is 0 Å². The molecule has 0 radical (unpaired) electrons. The predicted octanol–water partition coefficient (Wildman–Crippen LogP) is 3.83. The van der Waals surface area contributed by atoms with E-state index in [0.29, 0.717) is 17.1 Å². The van der Waals surface area contributed by atoms with Crippen molar-refractivity contribution in [2.45, 2.75) is 13.8 Å². The third-order valence-electron chi connectivity index (χ3n) is 4.90. The average molecular weight is 441 g/mol. The first-order chi connectivity index (χ1) is 16.0. The lowest BCUT2D eigenvalue weighted by atomic mass is 10.1. The van der Waals surface area contributed by atoms with E-state index < -0.39 is 0 Å². The number of oxime groups is 1. The second kappa shape index (κ2) is 9.78. The maximum Gasteiger partial charge on any atom is 0.265 e. The van der Waals surface area contributed by atoms with Crippen LogP contribution < -0.4 is 11.1 Å². The minimum atomic E-state index is -0.336. The van der Waals surface area contributed by atoms with Gasteiger partial charge in [-0.25, -0.2) is 9.67 Å². The van der Waals surface area contributed by atoms with Gasteiger partial charge in [0, 0.05) is 23.1 Å². The summed E-state index contributed by atoms with van der Waals surface area (Å²) in [7, 11) is 0. The van der Waals surface area contributed by atoms with Crippen LogP contribution in [0.1, 0.15) is 17.0 Å². The molecule has 33 heavy (non-hydrogen) atoms. The monoisotopic (exact) mass is 440 g/mol. The van der Waals surface area contributed by atoms with Crippen LogP contribution in [-0.4, -0.2) is 33.1 Å². The number of nitrogens with zero attached hydrogens (tertiary/aromatic N) is 4. The predicted molar refractivity (Wildman–Crippen MR) is 128 cm³/mol. The molecule has 0 saturated carbocycles. The normalized spacial score (nSPS) is 11.3. The van der Waals surface area contributed by atoms with E-state index in [1.165, 1.54) is 0 Å². The molecule has 0 spiro atoms. The van der Waals surface area contributed by atoms with E-state index in [1.54, 1.807) is 23.0 Å². The number of nitrogens with two attached hydrogens (primary N) is 1. The van der Waals surface area contributed by atoms with Gasteiger partial charge in [0.15, 0.2) is 18.3 Å². The zero-order chi connectivity index (χ0) is 23.2. The molecule has 2 aromatic heterocycles. The number of amidine groups is 1. The maximum atomic E-state index is 12.2. The van der Waals surface area contributed by atoms with Crippen molar-refractivity contribution in [1.82, 2.24) is 14.8 Å². The molecule has 2 aromatic carbocycles. The van der Waals surface area contributed by atoms with Crippen LogP contribution in [0.25, 0.3) is 16.9 Å². The van der Waals surface area contributed by atoms with Crippen molar-refractivity contribution in [1.29, 1.82) is 0 Å². The number of pyridine rings is 1. The Kier molecular flexibility index (Phi) is 6.45. The summed E-state index contributed by atoms with van der Waals surface area (Å²) in [6, 6.07) is 23.1. The Morgan fingerprint density at radius 1 is 1.03 bits per heavy atom. The van der Waals surface area contributed by atoms with Gasteiger partial charge in [-0.1, -0.05) is 47.6 Å². The Morgan fingerprint density at radius 3 is 2.39 bits per heavy atom. The fourth-order valence-electron chi connectivity index (χ4n) is 3.31. The van der Waals surface area contributed by atoms with E-state index in [2.05, 4.69) is 20.6 Å². The van der Waals surface area contributed by atoms with E-state index in [0.717, 1.165) is 22.5 Å². The summed E-state index contributed by atoms with van der Waals surface area (Å²) in [5, 5.41) is 11.0. The SMILES string of the molecule is Cc1cc(C)n(-c2ccc(/C(N)=N/OCC(=O)Nc3ccc(-c4ccccc4)cc3)cn2)n1. The molecule has 4 aromatic rings. The van der Waals surface area contributed by atoms with Gasteiger partial charge in [0.25, 0.3) is 5.91 Å². The fourth-order valence-corrected chi connectivity index (χ4v) is 3.31. The molecule has 0 aliphatic rings. The molecule has 8 nitrogen and oxygen atoms in total. The van der Waals surface area contributed by atoms with E-state index in [9.17, 15) is 4.79 Å². The second-order valence-electron chi connectivity index (χ2n) is 7.49. The molecule has 0 bridgehead atoms. The van der Waals surface area contributed by atoms with E-state index in [4.69, 9.17) is 10.6 Å². The highest BCUT2D eigenvalue weighted by atomic mass is 16.6. The summed E-state index contributed by atoms with van der Waals surface area (Å²) in [6.07, 6.45) is 1.59. The zero-order valence-corrected chi connectivity index (χ0v) is 18.4. The second-order valence-corrected chi connectivity index (χ2v) is 7.49. The molecular formula is C25H24N6O2. The van der Waals surface area contributed by atoms with Gasteiger partial charge in [-0.3, -0.25) is 4.79 Å². The van der Waals surface area contributed by atoms with Crippen LogP contribution in [0.5, 0.6) is 0 Å². The molecule has 0 aliphatic carbocycles. The highest BCUT2D eigenvalue weighted by molar-refractivity contribution is 5.97. The molecule has 0 aliphatic heterocycles. The maximum absolute atomic E-state index is 12.2. The topological polar surface area (TPSA) is 107 Å². The number of aromatic nitrogens is 3. The van der Waals surface area contributed by atoms with E-state index in [1.807, 2.05) is 74.5 Å². The van der Waals surface area contributed by atoms with Crippen molar-refractivity contribution in [3.05, 3.63) is 95.9 Å². The molecule has 0 fully saturated rings. The van der Waals surface area contributed by atoms with Gasteiger partial charge in [0.2, 0.25) is 0 Å². The number of benzene rings is 2. The van der Waals surface area contributed by atoms with Gasteiger partial charge in [-0.15, -0.1) is 0 Å². The van der Waals surface area contributed by atoms with Gasteiger partial charge < -0.3 is 15.9 Å². The number of carbonyl (C=O) groups excluding carboxylic acids is 1. The van der Waals surface area contributed by atoms with Crippen LogP contribution in [0.15, 0.2) is 84.1 Å². The number of carbonyl (C=O) groups is 1. The van der Waals surface area contributed by atoms with Gasteiger partial charge in [0.05, 0.1) is 5.69 Å². The zero-order valence-electron chi connectivity index (χ0n) is 18.4. The number of rotatable bonds is 7. The van der Waals surface area contributed by atoms with Crippen molar-refractivity contribution in [2.75, 3.05) is 11.9 Å². The third-order valence-corrected chi connectivity index (χ3v) is 4.90. The van der Waals surface area contributed by atoms with Crippen molar-refractivity contribution in [2.24, 2.45) is 10.9 Å². The minimum Gasteiger partial charge on any atom is -0.384 e. The van der Waals surface area contributed by atoms with E-state index >= 15 is 0 Å². The van der Waals surface area contributed by atoms with Crippen LogP contribution in [-0.2, 0) is 9.63 Å². The minimum absolute atomic E-state index is 0.127. The van der Waals surface area contributed by atoms with Gasteiger partial charge in [-0.05, 0) is 55.3 Å². The van der Waals surface area contributed by atoms with Crippen molar-refractivity contribution >= 4 is 17.4 Å². The highest BCUT2D eigenvalue weighted by Gasteiger charge is 2.08. The molecule has 0 saturated heterocycles. The highest BCUT2D eigenvalue weighted by Crippen LogP contribution is 2.21. The smallest absolute Gasteiger partial charge is 0.265 e. The number of anilines is 1. The lowest BCUT2D eigenvalue weighted by Crippen LogP contribution is -2.19. The molecule has 8 heteroatoms. The fraction of sp³-hybridized carbons (Fsp3) is 0.120. The molecule has 0 atom stereocenters.